The van der Waals surface area contributed by atoms with Crippen LogP contribution < -0.4 is 9.47 Å². The number of aliphatic hydroxyl groups is 1. The van der Waals surface area contributed by atoms with Gasteiger partial charge in [-0.15, -0.1) is 0 Å². The van der Waals surface area contributed by atoms with E-state index in [0.29, 0.717) is 30.0 Å². The predicted molar refractivity (Wildman–Crippen MR) is 110 cm³/mol. The van der Waals surface area contributed by atoms with Gasteiger partial charge in [0.05, 0.1) is 32.1 Å². The molecule has 1 atom stereocenters. The Morgan fingerprint density at radius 3 is 2.57 bits per heavy atom. The number of rotatable bonds is 9. The second kappa shape index (κ2) is 9.04. The highest BCUT2D eigenvalue weighted by molar-refractivity contribution is 6.15. The zero-order valence-electron chi connectivity index (χ0n) is 17.5. The normalized spacial score (nSPS) is 16.5. The Labute approximate surface area is 175 Å². The van der Waals surface area contributed by atoms with Crippen molar-refractivity contribution in [3.63, 3.8) is 0 Å². The summed E-state index contributed by atoms with van der Waals surface area (Å²) in [6, 6.07) is 7.49. The molecule has 2 heterocycles. The lowest BCUT2D eigenvalue weighted by Crippen LogP contribution is -2.33. The fourth-order valence-electron chi connectivity index (χ4n) is 3.66. The van der Waals surface area contributed by atoms with Crippen molar-refractivity contribution in [2.75, 3.05) is 41.4 Å². The van der Waals surface area contributed by atoms with Gasteiger partial charge in [-0.25, -0.2) is 0 Å². The summed E-state index contributed by atoms with van der Waals surface area (Å²) in [6.07, 6.45) is 2.04. The molecule has 1 amide bonds. The Balaban J connectivity index is 2.11. The van der Waals surface area contributed by atoms with Crippen molar-refractivity contribution in [2.45, 2.75) is 12.5 Å². The van der Waals surface area contributed by atoms with Gasteiger partial charge >= 0.3 is 0 Å². The van der Waals surface area contributed by atoms with Crippen LogP contribution in [0.25, 0.3) is 0 Å². The molecule has 1 aromatic heterocycles. The summed E-state index contributed by atoms with van der Waals surface area (Å²) < 4.78 is 16.2. The number of carbonyl (C=O) groups is 2. The minimum absolute atomic E-state index is 0.0358. The number of carbonyl (C=O) groups excluding carboxylic acids is 2. The van der Waals surface area contributed by atoms with Gasteiger partial charge in [0.25, 0.3) is 5.91 Å². The second-order valence-corrected chi connectivity index (χ2v) is 7.21. The van der Waals surface area contributed by atoms with Crippen molar-refractivity contribution in [3.8, 4) is 11.5 Å². The quantitative estimate of drug-likeness (QED) is 0.631. The van der Waals surface area contributed by atoms with Crippen LogP contribution in [0.4, 0.5) is 0 Å². The Kier molecular flexibility index (Phi) is 6.47. The number of ether oxygens (including phenoxy) is 2. The summed E-state index contributed by atoms with van der Waals surface area (Å²) in [5.74, 6) is -0.807. The van der Waals surface area contributed by atoms with Gasteiger partial charge in [0, 0.05) is 12.1 Å². The van der Waals surface area contributed by atoms with Crippen molar-refractivity contribution in [1.82, 2.24) is 9.80 Å². The minimum atomic E-state index is -0.831. The molecule has 8 nitrogen and oxygen atoms in total. The minimum Gasteiger partial charge on any atom is -0.503 e. The number of benzene rings is 1. The molecule has 1 aliphatic heterocycles. The monoisotopic (exact) mass is 414 g/mol. The first-order chi connectivity index (χ1) is 14.4. The molecule has 0 fully saturated rings. The van der Waals surface area contributed by atoms with Gasteiger partial charge in [-0.05, 0) is 45.3 Å². The van der Waals surface area contributed by atoms with Crippen molar-refractivity contribution in [3.05, 3.63) is 59.3 Å². The molecule has 0 spiro atoms. The number of hydrogen-bond acceptors (Lipinski definition) is 7. The summed E-state index contributed by atoms with van der Waals surface area (Å²) in [5.41, 5.74) is 0.514. The zero-order valence-corrected chi connectivity index (χ0v) is 17.5. The van der Waals surface area contributed by atoms with Gasteiger partial charge in [0.2, 0.25) is 5.78 Å². The fraction of sp³-hybridized carbons (Fsp3) is 0.364. The Morgan fingerprint density at radius 2 is 1.97 bits per heavy atom. The van der Waals surface area contributed by atoms with Crippen LogP contribution in [0.3, 0.4) is 0 Å². The predicted octanol–water partition coefficient (Wildman–Crippen LogP) is 2.83. The molecule has 1 aliphatic rings. The van der Waals surface area contributed by atoms with E-state index in [0.717, 1.165) is 6.54 Å². The third-order valence-electron chi connectivity index (χ3n) is 5.03. The summed E-state index contributed by atoms with van der Waals surface area (Å²) in [7, 11) is 6.89. The van der Waals surface area contributed by atoms with Gasteiger partial charge in [-0.3, -0.25) is 9.59 Å². The van der Waals surface area contributed by atoms with Gasteiger partial charge in [0.1, 0.15) is 0 Å². The first-order valence-corrected chi connectivity index (χ1v) is 9.58. The van der Waals surface area contributed by atoms with Crippen LogP contribution in [-0.4, -0.2) is 68.0 Å². The molecule has 0 bridgehead atoms. The van der Waals surface area contributed by atoms with Crippen molar-refractivity contribution < 1.29 is 28.6 Å². The topological polar surface area (TPSA) is 92.5 Å². The Morgan fingerprint density at radius 1 is 1.20 bits per heavy atom. The number of hydrogen-bond donors (Lipinski definition) is 1. The van der Waals surface area contributed by atoms with Gasteiger partial charge in [-0.2, -0.15) is 0 Å². The van der Waals surface area contributed by atoms with Gasteiger partial charge in [0.15, 0.2) is 23.0 Å². The standard InChI is InChI=1S/C22H26N2O6/c1-23(2)11-7-12-24-18(14-8-5-9-16(28-3)21(14)29-4)17(20(26)22(24)27)19(25)15-10-6-13-30-15/h5-6,8-10,13,18,26H,7,11-12H2,1-4H3. The molecule has 1 N–H and O–H groups in total. The summed E-state index contributed by atoms with van der Waals surface area (Å²) in [5, 5.41) is 10.7. The number of ketones is 1. The first kappa shape index (κ1) is 21.4. The second-order valence-electron chi connectivity index (χ2n) is 7.21. The lowest BCUT2D eigenvalue weighted by atomic mass is 9.94. The summed E-state index contributed by atoms with van der Waals surface area (Å²) in [4.78, 5) is 29.6. The highest BCUT2D eigenvalue weighted by Gasteiger charge is 2.45. The Bertz CT molecular complexity index is 949. The molecule has 3 rings (SSSR count). The molecular weight excluding hydrogens is 388 g/mol. The van der Waals surface area contributed by atoms with E-state index in [4.69, 9.17) is 13.9 Å². The van der Waals surface area contributed by atoms with E-state index in [-0.39, 0.29) is 11.3 Å². The lowest BCUT2D eigenvalue weighted by molar-refractivity contribution is -0.129. The van der Waals surface area contributed by atoms with Crippen molar-refractivity contribution >= 4 is 11.7 Å². The third kappa shape index (κ3) is 3.91. The lowest BCUT2D eigenvalue weighted by Gasteiger charge is -2.28. The van der Waals surface area contributed by atoms with Crippen LogP contribution >= 0.6 is 0 Å². The molecule has 0 radical (unpaired) electrons. The van der Waals surface area contributed by atoms with Crippen molar-refractivity contribution in [1.29, 1.82) is 0 Å². The van der Waals surface area contributed by atoms with E-state index < -0.39 is 23.5 Å². The fourth-order valence-corrected chi connectivity index (χ4v) is 3.66. The van der Waals surface area contributed by atoms with E-state index in [1.54, 1.807) is 24.3 Å². The summed E-state index contributed by atoms with van der Waals surface area (Å²) in [6.45, 7) is 1.09. The van der Waals surface area contributed by atoms with E-state index >= 15 is 0 Å². The number of furan rings is 1. The highest BCUT2D eigenvalue weighted by Crippen LogP contribution is 2.45. The van der Waals surface area contributed by atoms with Crippen molar-refractivity contribution in [2.24, 2.45) is 0 Å². The van der Waals surface area contributed by atoms with Crippen LogP contribution in [0.1, 0.15) is 28.6 Å². The molecule has 0 aliphatic carbocycles. The number of aliphatic hydroxyl groups excluding tert-OH is 1. The van der Waals surface area contributed by atoms with Crippen LogP contribution in [0.15, 0.2) is 52.3 Å². The average molecular weight is 414 g/mol. The highest BCUT2D eigenvalue weighted by atomic mass is 16.5. The van der Waals surface area contributed by atoms with Crippen LogP contribution in [0.5, 0.6) is 11.5 Å². The maximum absolute atomic E-state index is 13.2. The molecule has 0 saturated carbocycles. The molecule has 2 aromatic rings. The first-order valence-electron chi connectivity index (χ1n) is 9.58. The molecule has 1 unspecified atom stereocenters. The largest absolute Gasteiger partial charge is 0.503 e. The molecule has 160 valence electrons. The number of Topliss-reactive ketones (excluding diaryl/α,β-unsaturated/α-hetero) is 1. The average Bonchev–Trinajstić information content (AvgIpc) is 3.35. The SMILES string of the molecule is COc1cccc(C2C(C(=O)c3ccco3)=C(O)C(=O)N2CCCN(C)C)c1OC. The van der Waals surface area contributed by atoms with E-state index in [9.17, 15) is 14.7 Å². The Hall–Kier alpha value is -3.26. The van der Waals surface area contributed by atoms with Gasteiger partial charge < -0.3 is 28.8 Å². The maximum atomic E-state index is 13.2. The zero-order chi connectivity index (χ0) is 21.8. The molecule has 0 saturated heterocycles. The van der Waals surface area contributed by atoms with E-state index in [1.165, 1.54) is 31.4 Å². The number of methoxy groups -OCH3 is 2. The van der Waals surface area contributed by atoms with E-state index in [1.807, 2.05) is 19.0 Å². The molecule has 30 heavy (non-hydrogen) atoms. The third-order valence-corrected chi connectivity index (χ3v) is 5.03. The molecule has 1 aromatic carbocycles. The van der Waals surface area contributed by atoms with Crippen LogP contribution in [0.2, 0.25) is 0 Å². The molecule has 8 heteroatoms. The summed E-state index contributed by atoms with van der Waals surface area (Å²) >= 11 is 0. The van der Waals surface area contributed by atoms with Crippen LogP contribution in [0, 0.1) is 0 Å². The maximum Gasteiger partial charge on any atom is 0.290 e. The van der Waals surface area contributed by atoms with Crippen LogP contribution in [-0.2, 0) is 4.79 Å². The number of para-hydroxylation sites is 1. The molecular formula is C22H26N2O6. The van der Waals surface area contributed by atoms with Gasteiger partial charge in [-0.1, -0.05) is 12.1 Å². The smallest absolute Gasteiger partial charge is 0.290 e. The van der Waals surface area contributed by atoms with E-state index in [2.05, 4.69) is 0 Å². The number of nitrogens with zero attached hydrogens (tertiary/aromatic N) is 2. The number of amides is 1.